The minimum atomic E-state index is -1.18. The molecule has 1 aromatic rings. The Kier molecular flexibility index (Phi) is 6.64. The quantitative estimate of drug-likeness (QED) is 0.785. The van der Waals surface area contributed by atoms with E-state index in [1.807, 2.05) is 37.7 Å². The fourth-order valence-electron chi connectivity index (χ4n) is 2.71. The largest absolute Gasteiger partial charge is 0.329 e. The van der Waals surface area contributed by atoms with Gasteiger partial charge >= 0.3 is 0 Å². The van der Waals surface area contributed by atoms with Gasteiger partial charge in [-0.3, -0.25) is 4.90 Å². The highest BCUT2D eigenvalue weighted by atomic mass is 19.2. The topological polar surface area (TPSA) is 32.5 Å². The van der Waals surface area contributed by atoms with E-state index in [1.165, 1.54) is 0 Å². The molecular weight excluding hydrogens is 279 g/mol. The Morgan fingerprint density at radius 2 is 1.67 bits per heavy atom. The van der Waals surface area contributed by atoms with Crippen LogP contribution in [0.3, 0.4) is 0 Å². The molecule has 0 saturated heterocycles. The zero-order chi connectivity index (χ0) is 16.2. The summed E-state index contributed by atoms with van der Waals surface area (Å²) in [7, 11) is 3.89. The van der Waals surface area contributed by atoms with E-state index >= 15 is 0 Å². The Balaban J connectivity index is 3.12. The highest BCUT2D eigenvalue weighted by Gasteiger charge is 2.26. The summed E-state index contributed by atoms with van der Waals surface area (Å²) in [5, 5.41) is 0. The van der Waals surface area contributed by atoms with Gasteiger partial charge in [0.05, 0.1) is 6.04 Å². The van der Waals surface area contributed by atoms with Crippen molar-refractivity contribution in [1.29, 1.82) is 0 Å². The number of rotatable bonds is 7. The Bertz CT molecular complexity index is 466. The molecule has 0 fully saturated rings. The Morgan fingerprint density at radius 3 is 2.14 bits per heavy atom. The first-order valence-electron chi connectivity index (χ1n) is 7.06. The second-order valence-electron chi connectivity index (χ2n) is 5.48. The summed E-state index contributed by atoms with van der Waals surface area (Å²) in [6.07, 6.45) is 0. The molecule has 0 bridgehead atoms. The van der Waals surface area contributed by atoms with Gasteiger partial charge in [-0.1, -0.05) is 6.92 Å². The molecule has 0 saturated carbocycles. The maximum atomic E-state index is 14.0. The van der Waals surface area contributed by atoms with Crippen LogP contribution in [0.25, 0.3) is 0 Å². The Hall–Kier alpha value is -1.11. The normalized spacial score (nSPS) is 14.8. The molecule has 3 nitrogen and oxygen atoms in total. The second kappa shape index (κ2) is 7.77. The van der Waals surface area contributed by atoms with Crippen molar-refractivity contribution in [2.45, 2.75) is 25.9 Å². The van der Waals surface area contributed by atoms with Crippen molar-refractivity contribution in [2.75, 3.05) is 33.7 Å². The second-order valence-corrected chi connectivity index (χ2v) is 5.48. The van der Waals surface area contributed by atoms with Gasteiger partial charge < -0.3 is 10.6 Å². The van der Waals surface area contributed by atoms with E-state index in [0.29, 0.717) is 12.6 Å². The van der Waals surface area contributed by atoms with E-state index in [2.05, 4.69) is 0 Å². The van der Waals surface area contributed by atoms with Crippen LogP contribution < -0.4 is 5.73 Å². The molecule has 1 aromatic carbocycles. The third kappa shape index (κ3) is 4.43. The molecule has 2 unspecified atom stereocenters. The maximum absolute atomic E-state index is 14.0. The van der Waals surface area contributed by atoms with Gasteiger partial charge in [-0.25, -0.2) is 13.2 Å². The smallest absolute Gasteiger partial charge is 0.161 e. The third-order valence-corrected chi connectivity index (χ3v) is 3.58. The molecule has 2 N–H and O–H groups in total. The molecule has 0 heterocycles. The maximum Gasteiger partial charge on any atom is 0.161 e. The van der Waals surface area contributed by atoms with Crippen molar-refractivity contribution < 1.29 is 13.2 Å². The molecule has 0 aliphatic carbocycles. The fraction of sp³-hybridized carbons (Fsp3) is 0.600. The molecule has 1 rings (SSSR count). The van der Waals surface area contributed by atoms with E-state index in [1.54, 1.807) is 0 Å². The number of nitrogens with zero attached hydrogens (tertiary/aromatic N) is 2. The van der Waals surface area contributed by atoms with Crippen molar-refractivity contribution in [1.82, 2.24) is 9.80 Å². The number of halogens is 3. The number of benzene rings is 1. The van der Waals surface area contributed by atoms with Gasteiger partial charge in [0.25, 0.3) is 0 Å². The minimum absolute atomic E-state index is 0.101. The molecule has 0 amide bonds. The van der Waals surface area contributed by atoms with Gasteiger partial charge in [0.2, 0.25) is 0 Å². The minimum Gasteiger partial charge on any atom is -0.329 e. The number of hydrogen-bond donors (Lipinski definition) is 1. The van der Waals surface area contributed by atoms with E-state index in [-0.39, 0.29) is 18.2 Å². The highest BCUT2D eigenvalue weighted by Crippen LogP contribution is 2.26. The molecule has 0 spiro atoms. The Labute approximate surface area is 124 Å². The van der Waals surface area contributed by atoms with Crippen molar-refractivity contribution in [3.05, 3.63) is 35.1 Å². The van der Waals surface area contributed by atoms with E-state index in [4.69, 9.17) is 5.73 Å². The lowest BCUT2D eigenvalue weighted by atomic mass is 10.0. The van der Waals surface area contributed by atoms with Crippen LogP contribution >= 0.6 is 0 Å². The van der Waals surface area contributed by atoms with E-state index in [9.17, 15) is 13.2 Å². The number of likely N-dealkylation sites (N-methyl/N-ethyl adjacent to an activating group) is 2. The van der Waals surface area contributed by atoms with Gasteiger partial charge in [0.15, 0.2) is 11.6 Å². The van der Waals surface area contributed by atoms with Crippen LogP contribution in [-0.2, 0) is 0 Å². The molecule has 0 aliphatic rings. The first kappa shape index (κ1) is 17.9. The van der Waals surface area contributed by atoms with Crippen LogP contribution in [-0.4, -0.2) is 49.6 Å². The molecule has 2 atom stereocenters. The molecule has 0 aromatic heterocycles. The predicted molar refractivity (Wildman–Crippen MR) is 78.5 cm³/mol. The molecular formula is C15H24F3N3. The lowest BCUT2D eigenvalue weighted by Gasteiger charge is -2.36. The van der Waals surface area contributed by atoms with Crippen molar-refractivity contribution in [2.24, 2.45) is 5.73 Å². The Morgan fingerprint density at radius 1 is 1.10 bits per heavy atom. The van der Waals surface area contributed by atoms with Crippen molar-refractivity contribution in [3.63, 3.8) is 0 Å². The summed E-state index contributed by atoms with van der Waals surface area (Å²) >= 11 is 0. The van der Waals surface area contributed by atoms with Gasteiger partial charge in [0.1, 0.15) is 5.82 Å². The fourth-order valence-corrected chi connectivity index (χ4v) is 2.71. The SMILES string of the molecule is CCN(C(C)CN(C)C)C(CN)c1cc(F)c(F)cc1F. The first-order chi connectivity index (χ1) is 9.81. The van der Waals surface area contributed by atoms with Crippen LogP contribution in [0.15, 0.2) is 12.1 Å². The van der Waals surface area contributed by atoms with Gasteiger partial charge in [-0.2, -0.15) is 0 Å². The van der Waals surface area contributed by atoms with Gasteiger partial charge in [0, 0.05) is 30.8 Å². The lowest BCUT2D eigenvalue weighted by Crippen LogP contribution is -2.44. The van der Waals surface area contributed by atoms with E-state index in [0.717, 1.165) is 12.6 Å². The van der Waals surface area contributed by atoms with Crippen molar-refractivity contribution >= 4 is 0 Å². The van der Waals surface area contributed by atoms with Crippen LogP contribution in [0.1, 0.15) is 25.5 Å². The van der Waals surface area contributed by atoms with Crippen molar-refractivity contribution in [3.8, 4) is 0 Å². The molecule has 0 radical (unpaired) electrons. The number of nitrogens with two attached hydrogens (primary N) is 1. The van der Waals surface area contributed by atoms with E-state index < -0.39 is 23.5 Å². The molecule has 0 aliphatic heterocycles. The lowest BCUT2D eigenvalue weighted by molar-refractivity contribution is 0.128. The van der Waals surface area contributed by atoms with Crippen LogP contribution in [0.5, 0.6) is 0 Å². The standard InChI is InChI=1S/C15H24F3N3/c1-5-21(10(2)9-20(3)4)15(8-19)11-6-13(17)14(18)7-12(11)16/h6-7,10,15H,5,8-9,19H2,1-4H3. The molecule has 21 heavy (non-hydrogen) atoms. The monoisotopic (exact) mass is 303 g/mol. The molecule has 120 valence electrons. The van der Waals surface area contributed by atoms with Crippen LogP contribution in [0.4, 0.5) is 13.2 Å². The predicted octanol–water partition coefficient (Wildman–Crippen LogP) is 2.38. The average molecular weight is 303 g/mol. The first-order valence-corrected chi connectivity index (χ1v) is 7.06. The average Bonchev–Trinajstić information content (AvgIpc) is 2.39. The van der Waals surface area contributed by atoms with Crippen LogP contribution in [0.2, 0.25) is 0 Å². The number of hydrogen-bond acceptors (Lipinski definition) is 3. The zero-order valence-electron chi connectivity index (χ0n) is 13.0. The summed E-state index contributed by atoms with van der Waals surface area (Å²) < 4.78 is 40.5. The van der Waals surface area contributed by atoms with Gasteiger partial charge in [-0.15, -0.1) is 0 Å². The third-order valence-electron chi connectivity index (χ3n) is 3.58. The summed E-state index contributed by atoms with van der Waals surface area (Å²) in [6, 6.07) is 1.11. The summed E-state index contributed by atoms with van der Waals surface area (Å²) in [5.74, 6) is -3.00. The summed E-state index contributed by atoms with van der Waals surface area (Å²) in [4.78, 5) is 4.01. The summed E-state index contributed by atoms with van der Waals surface area (Å²) in [5.41, 5.74) is 5.87. The molecule has 6 heteroatoms. The van der Waals surface area contributed by atoms with Gasteiger partial charge in [-0.05, 0) is 33.6 Å². The highest BCUT2D eigenvalue weighted by molar-refractivity contribution is 5.24. The van der Waals surface area contributed by atoms with Crippen LogP contribution in [0, 0.1) is 17.5 Å². The zero-order valence-corrected chi connectivity index (χ0v) is 13.0. The summed E-state index contributed by atoms with van der Waals surface area (Å²) in [6.45, 7) is 5.47.